The monoisotopic (exact) mass is 392 g/mol. The van der Waals surface area contributed by atoms with Crippen LogP contribution in [0.5, 0.6) is 11.5 Å². The van der Waals surface area contributed by atoms with Crippen molar-refractivity contribution < 1.29 is 27.2 Å². The standard InChI is InChI=1S/C20H19F3N2O3/c1-3-26-16-10-5-13(11-17(16)27-4-2)12-18-24-19(25-28-18)14-6-8-15(9-7-14)20(21,22)23/h5-11H,3-4,12H2,1-2H3. The Morgan fingerprint density at radius 1 is 0.929 bits per heavy atom. The van der Waals surface area contributed by atoms with Crippen molar-refractivity contribution in [3.63, 3.8) is 0 Å². The lowest BCUT2D eigenvalue weighted by molar-refractivity contribution is -0.137. The van der Waals surface area contributed by atoms with Crippen LogP contribution in [0.2, 0.25) is 0 Å². The number of alkyl halides is 3. The molecule has 2 aromatic carbocycles. The summed E-state index contributed by atoms with van der Waals surface area (Å²) in [6.07, 6.45) is -4.02. The maximum absolute atomic E-state index is 12.7. The van der Waals surface area contributed by atoms with E-state index in [-0.39, 0.29) is 5.82 Å². The van der Waals surface area contributed by atoms with Crippen LogP contribution in [0.1, 0.15) is 30.9 Å². The van der Waals surface area contributed by atoms with E-state index in [1.807, 2.05) is 32.0 Å². The van der Waals surface area contributed by atoms with Crippen LogP contribution in [0.15, 0.2) is 47.0 Å². The Morgan fingerprint density at radius 2 is 1.61 bits per heavy atom. The van der Waals surface area contributed by atoms with E-state index >= 15 is 0 Å². The van der Waals surface area contributed by atoms with Gasteiger partial charge in [0.15, 0.2) is 11.5 Å². The first-order valence-corrected chi connectivity index (χ1v) is 8.79. The van der Waals surface area contributed by atoms with Gasteiger partial charge in [-0.2, -0.15) is 18.2 Å². The molecule has 148 valence electrons. The fourth-order valence-electron chi connectivity index (χ4n) is 2.63. The molecule has 0 aliphatic rings. The number of nitrogens with zero attached hydrogens (tertiary/aromatic N) is 2. The quantitative estimate of drug-likeness (QED) is 0.557. The fraction of sp³-hybridized carbons (Fsp3) is 0.300. The molecular weight excluding hydrogens is 373 g/mol. The fourth-order valence-corrected chi connectivity index (χ4v) is 2.63. The molecule has 0 aliphatic heterocycles. The van der Waals surface area contributed by atoms with Crippen LogP contribution in [0, 0.1) is 0 Å². The average Bonchev–Trinajstić information content (AvgIpc) is 3.12. The van der Waals surface area contributed by atoms with Crippen molar-refractivity contribution in [1.29, 1.82) is 0 Å². The molecule has 3 aromatic rings. The Balaban J connectivity index is 1.76. The van der Waals surface area contributed by atoms with E-state index in [0.717, 1.165) is 17.7 Å². The average molecular weight is 392 g/mol. The number of benzene rings is 2. The van der Waals surface area contributed by atoms with Gasteiger partial charge in [0, 0.05) is 5.56 Å². The molecule has 28 heavy (non-hydrogen) atoms. The first kappa shape index (κ1) is 19.7. The predicted molar refractivity (Wildman–Crippen MR) is 96.3 cm³/mol. The number of hydrogen-bond donors (Lipinski definition) is 0. The molecule has 5 nitrogen and oxygen atoms in total. The Morgan fingerprint density at radius 3 is 2.25 bits per heavy atom. The summed E-state index contributed by atoms with van der Waals surface area (Å²) in [5, 5.41) is 3.86. The summed E-state index contributed by atoms with van der Waals surface area (Å²) in [5.41, 5.74) is 0.608. The van der Waals surface area contributed by atoms with Crippen LogP contribution in [-0.2, 0) is 12.6 Å². The molecule has 3 rings (SSSR count). The summed E-state index contributed by atoms with van der Waals surface area (Å²) >= 11 is 0. The summed E-state index contributed by atoms with van der Waals surface area (Å²) in [4.78, 5) is 4.27. The van der Waals surface area contributed by atoms with Crippen LogP contribution >= 0.6 is 0 Å². The highest BCUT2D eigenvalue weighted by molar-refractivity contribution is 5.55. The van der Waals surface area contributed by atoms with Crippen LogP contribution in [0.3, 0.4) is 0 Å². The summed E-state index contributed by atoms with van der Waals surface area (Å²) in [6, 6.07) is 10.2. The van der Waals surface area contributed by atoms with Gasteiger partial charge in [0.1, 0.15) is 0 Å². The second-order valence-corrected chi connectivity index (χ2v) is 5.91. The zero-order chi connectivity index (χ0) is 20.1. The number of halogens is 3. The van der Waals surface area contributed by atoms with Gasteiger partial charge in [-0.25, -0.2) is 0 Å². The number of rotatable bonds is 7. The van der Waals surface area contributed by atoms with Gasteiger partial charge in [-0.05, 0) is 43.7 Å². The van der Waals surface area contributed by atoms with Crippen molar-refractivity contribution in [3.05, 3.63) is 59.5 Å². The molecule has 1 aromatic heterocycles. The topological polar surface area (TPSA) is 57.4 Å². The summed E-state index contributed by atoms with van der Waals surface area (Å²) in [5.74, 6) is 1.87. The van der Waals surface area contributed by atoms with E-state index in [2.05, 4.69) is 10.1 Å². The molecule has 0 saturated carbocycles. The third-order valence-electron chi connectivity index (χ3n) is 3.90. The Kier molecular flexibility index (Phi) is 5.87. The van der Waals surface area contributed by atoms with Gasteiger partial charge >= 0.3 is 6.18 Å². The lowest BCUT2D eigenvalue weighted by Gasteiger charge is -2.11. The third-order valence-corrected chi connectivity index (χ3v) is 3.90. The minimum Gasteiger partial charge on any atom is -0.490 e. The van der Waals surface area contributed by atoms with E-state index in [0.29, 0.717) is 42.6 Å². The highest BCUT2D eigenvalue weighted by Crippen LogP contribution is 2.31. The number of ether oxygens (including phenoxy) is 2. The highest BCUT2D eigenvalue weighted by atomic mass is 19.4. The maximum atomic E-state index is 12.7. The zero-order valence-corrected chi connectivity index (χ0v) is 15.4. The lowest BCUT2D eigenvalue weighted by atomic mass is 10.1. The van der Waals surface area contributed by atoms with Gasteiger partial charge in [0.2, 0.25) is 11.7 Å². The van der Waals surface area contributed by atoms with Crippen molar-refractivity contribution in [2.45, 2.75) is 26.4 Å². The van der Waals surface area contributed by atoms with E-state index in [1.165, 1.54) is 12.1 Å². The lowest BCUT2D eigenvalue weighted by Crippen LogP contribution is -2.04. The smallest absolute Gasteiger partial charge is 0.416 e. The number of aromatic nitrogens is 2. The van der Waals surface area contributed by atoms with Gasteiger partial charge in [0.25, 0.3) is 0 Å². The van der Waals surface area contributed by atoms with Gasteiger partial charge in [-0.15, -0.1) is 0 Å². The van der Waals surface area contributed by atoms with Gasteiger partial charge < -0.3 is 14.0 Å². The molecule has 0 radical (unpaired) electrons. The Bertz CT molecular complexity index is 921. The molecule has 8 heteroatoms. The van der Waals surface area contributed by atoms with Crippen molar-refractivity contribution >= 4 is 0 Å². The van der Waals surface area contributed by atoms with Gasteiger partial charge in [-0.3, -0.25) is 0 Å². The van der Waals surface area contributed by atoms with Crippen LogP contribution < -0.4 is 9.47 Å². The molecule has 0 unspecified atom stereocenters. The summed E-state index contributed by atoms with van der Waals surface area (Å²) in [7, 11) is 0. The highest BCUT2D eigenvalue weighted by Gasteiger charge is 2.30. The summed E-state index contributed by atoms with van der Waals surface area (Å²) in [6.45, 7) is 4.81. The van der Waals surface area contributed by atoms with Crippen molar-refractivity contribution in [2.75, 3.05) is 13.2 Å². The first-order valence-electron chi connectivity index (χ1n) is 8.79. The molecule has 0 N–H and O–H groups in total. The van der Waals surface area contributed by atoms with Crippen molar-refractivity contribution in [2.24, 2.45) is 0 Å². The van der Waals surface area contributed by atoms with Crippen molar-refractivity contribution in [1.82, 2.24) is 10.1 Å². The van der Waals surface area contributed by atoms with Crippen LogP contribution in [0.25, 0.3) is 11.4 Å². The first-order chi connectivity index (χ1) is 13.4. The molecule has 0 amide bonds. The number of hydrogen-bond acceptors (Lipinski definition) is 5. The van der Waals surface area contributed by atoms with Gasteiger partial charge in [-0.1, -0.05) is 23.4 Å². The normalized spacial score (nSPS) is 11.5. The van der Waals surface area contributed by atoms with Crippen molar-refractivity contribution in [3.8, 4) is 22.9 Å². The van der Waals surface area contributed by atoms with Gasteiger partial charge in [0.05, 0.1) is 25.2 Å². The SMILES string of the molecule is CCOc1ccc(Cc2nc(-c3ccc(C(F)(F)F)cc3)no2)cc1OCC. The molecule has 0 aliphatic carbocycles. The third kappa shape index (κ3) is 4.62. The van der Waals surface area contributed by atoms with E-state index in [1.54, 1.807) is 0 Å². The minimum absolute atomic E-state index is 0.236. The van der Waals surface area contributed by atoms with E-state index in [9.17, 15) is 13.2 Å². The van der Waals surface area contributed by atoms with Crippen LogP contribution in [0.4, 0.5) is 13.2 Å². The second-order valence-electron chi connectivity index (χ2n) is 5.91. The molecule has 0 bridgehead atoms. The molecule has 0 spiro atoms. The molecular formula is C20H19F3N2O3. The van der Waals surface area contributed by atoms with Crippen LogP contribution in [-0.4, -0.2) is 23.4 Å². The zero-order valence-electron chi connectivity index (χ0n) is 15.4. The summed E-state index contributed by atoms with van der Waals surface area (Å²) < 4.78 is 54.4. The Hall–Kier alpha value is -3.03. The maximum Gasteiger partial charge on any atom is 0.416 e. The second kappa shape index (κ2) is 8.33. The minimum atomic E-state index is -4.38. The molecule has 0 atom stereocenters. The van der Waals surface area contributed by atoms with E-state index < -0.39 is 11.7 Å². The largest absolute Gasteiger partial charge is 0.490 e. The molecule has 0 fully saturated rings. The van der Waals surface area contributed by atoms with E-state index in [4.69, 9.17) is 14.0 Å². The molecule has 0 saturated heterocycles. The Labute approximate surface area is 160 Å². The predicted octanol–water partition coefficient (Wildman–Crippen LogP) is 5.14. The molecule has 1 heterocycles.